The minimum Gasteiger partial charge on any atom is -0.381 e. The molecule has 0 spiro atoms. The molecular weight excluding hydrogens is 244 g/mol. The van der Waals surface area contributed by atoms with E-state index in [-0.39, 0.29) is 36.4 Å². The molecule has 2 heterocycles. The molecule has 2 amide bonds. The molecule has 5 heteroatoms. The summed E-state index contributed by atoms with van der Waals surface area (Å²) in [5.41, 5.74) is 0. The Hall–Kier alpha value is -1.10. The minimum atomic E-state index is -0.372. The summed E-state index contributed by atoms with van der Waals surface area (Å²) in [6.07, 6.45) is 1.94. The van der Waals surface area contributed by atoms with Crippen molar-refractivity contribution in [3.63, 3.8) is 0 Å². The number of hydrogen-bond donors (Lipinski definition) is 1. The first-order valence-electron chi connectivity index (χ1n) is 7.18. The van der Waals surface area contributed by atoms with Crippen LogP contribution in [0.3, 0.4) is 0 Å². The molecule has 2 atom stereocenters. The Labute approximate surface area is 114 Å². The quantitative estimate of drug-likeness (QED) is 0.823. The van der Waals surface area contributed by atoms with E-state index in [1.807, 2.05) is 13.8 Å². The molecule has 0 aromatic heterocycles. The number of ether oxygens (including phenoxy) is 1. The highest BCUT2D eigenvalue weighted by atomic mass is 16.5. The average Bonchev–Trinajstić information content (AvgIpc) is 2.41. The maximum atomic E-state index is 12.5. The second kappa shape index (κ2) is 5.90. The molecule has 0 aromatic rings. The molecule has 2 rings (SSSR count). The van der Waals surface area contributed by atoms with Crippen molar-refractivity contribution in [2.45, 2.75) is 45.7 Å². The predicted molar refractivity (Wildman–Crippen MR) is 71.5 cm³/mol. The van der Waals surface area contributed by atoms with Crippen LogP contribution in [0.15, 0.2) is 0 Å². The van der Waals surface area contributed by atoms with E-state index >= 15 is 0 Å². The summed E-state index contributed by atoms with van der Waals surface area (Å²) < 4.78 is 5.36. The third-order valence-electron chi connectivity index (χ3n) is 4.29. The number of hydrogen-bond acceptors (Lipinski definition) is 3. The summed E-state index contributed by atoms with van der Waals surface area (Å²) in [6.45, 7) is 7.70. The Balaban J connectivity index is 2.08. The smallest absolute Gasteiger partial charge is 0.246 e. The van der Waals surface area contributed by atoms with Gasteiger partial charge in [0.25, 0.3) is 0 Å². The summed E-state index contributed by atoms with van der Waals surface area (Å²) in [7, 11) is 0. The van der Waals surface area contributed by atoms with Crippen molar-refractivity contribution < 1.29 is 14.3 Å². The van der Waals surface area contributed by atoms with Gasteiger partial charge in [-0.15, -0.1) is 0 Å². The van der Waals surface area contributed by atoms with Gasteiger partial charge < -0.3 is 15.0 Å². The molecule has 0 aromatic carbocycles. The van der Waals surface area contributed by atoms with E-state index in [1.54, 1.807) is 4.90 Å². The number of piperazine rings is 1. The van der Waals surface area contributed by atoms with Crippen LogP contribution in [0.4, 0.5) is 0 Å². The molecule has 1 N–H and O–H groups in total. The number of nitrogens with one attached hydrogen (secondary N) is 1. The summed E-state index contributed by atoms with van der Waals surface area (Å²) in [5.74, 6) is 0.586. The third kappa shape index (κ3) is 3.08. The van der Waals surface area contributed by atoms with Crippen LogP contribution in [0.2, 0.25) is 0 Å². The van der Waals surface area contributed by atoms with Crippen molar-refractivity contribution >= 4 is 11.8 Å². The summed E-state index contributed by atoms with van der Waals surface area (Å²) >= 11 is 0. The van der Waals surface area contributed by atoms with Crippen LogP contribution >= 0.6 is 0 Å². The zero-order chi connectivity index (χ0) is 14.0. The lowest BCUT2D eigenvalue weighted by molar-refractivity contribution is -0.149. The Morgan fingerprint density at radius 2 is 1.84 bits per heavy atom. The van der Waals surface area contributed by atoms with E-state index < -0.39 is 0 Å². The van der Waals surface area contributed by atoms with E-state index in [9.17, 15) is 9.59 Å². The van der Waals surface area contributed by atoms with Gasteiger partial charge in [0.2, 0.25) is 11.8 Å². The van der Waals surface area contributed by atoms with Crippen LogP contribution in [0.25, 0.3) is 0 Å². The Kier molecular flexibility index (Phi) is 4.45. The number of rotatable bonds is 3. The van der Waals surface area contributed by atoms with Crippen molar-refractivity contribution in [3.8, 4) is 0 Å². The normalized spacial score (nSPS) is 27.6. The largest absolute Gasteiger partial charge is 0.381 e. The second-order valence-corrected chi connectivity index (χ2v) is 5.95. The summed E-state index contributed by atoms with van der Waals surface area (Å²) in [5, 5.41) is 2.80. The van der Waals surface area contributed by atoms with Gasteiger partial charge in [-0.3, -0.25) is 9.59 Å². The van der Waals surface area contributed by atoms with Crippen LogP contribution in [0.1, 0.15) is 33.6 Å². The molecule has 2 saturated heterocycles. The van der Waals surface area contributed by atoms with E-state index in [4.69, 9.17) is 4.74 Å². The molecular formula is C14H24N2O3. The van der Waals surface area contributed by atoms with Gasteiger partial charge in [-0.2, -0.15) is 0 Å². The summed E-state index contributed by atoms with van der Waals surface area (Å²) in [6, 6.07) is -0.257. The van der Waals surface area contributed by atoms with E-state index in [0.717, 1.165) is 26.1 Å². The standard InChI is InChI=1S/C14H24N2O3/c1-9(2)13-14(18)16(8-12(17)15-13)10(3)11-4-6-19-7-5-11/h9-11,13H,4-8H2,1-3H3,(H,15,17). The first-order valence-corrected chi connectivity index (χ1v) is 7.18. The molecule has 0 bridgehead atoms. The Morgan fingerprint density at radius 3 is 2.42 bits per heavy atom. The van der Waals surface area contributed by atoms with Crippen LogP contribution < -0.4 is 5.32 Å². The maximum Gasteiger partial charge on any atom is 0.246 e. The highest BCUT2D eigenvalue weighted by Crippen LogP contribution is 2.25. The lowest BCUT2D eigenvalue weighted by Crippen LogP contribution is -2.62. The lowest BCUT2D eigenvalue weighted by Gasteiger charge is -2.41. The average molecular weight is 268 g/mol. The van der Waals surface area contributed by atoms with Gasteiger partial charge in [-0.05, 0) is 31.6 Å². The van der Waals surface area contributed by atoms with Crippen molar-refractivity contribution in [1.29, 1.82) is 0 Å². The number of amides is 2. The van der Waals surface area contributed by atoms with Crippen molar-refractivity contribution in [2.24, 2.45) is 11.8 Å². The SMILES string of the molecule is CC(C)C1NC(=O)CN(C(C)C2CCOCC2)C1=O. The van der Waals surface area contributed by atoms with Crippen molar-refractivity contribution in [1.82, 2.24) is 10.2 Å². The molecule has 2 fully saturated rings. The second-order valence-electron chi connectivity index (χ2n) is 5.95. The fourth-order valence-corrected chi connectivity index (χ4v) is 2.94. The Bertz CT molecular complexity index is 351. The molecule has 19 heavy (non-hydrogen) atoms. The fourth-order valence-electron chi connectivity index (χ4n) is 2.94. The fraction of sp³-hybridized carbons (Fsp3) is 0.857. The number of carbonyl (C=O) groups excluding carboxylic acids is 2. The zero-order valence-corrected chi connectivity index (χ0v) is 12.0. The molecule has 108 valence electrons. The summed E-state index contributed by atoms with van der Waals surface area (Å²) in [4.78, 5) is 26.0. The number of carbonyl (C=O) groups is 2. The molecule has 5 nitrogen and oxygen atoms in total. The van der Waals surface area contributed by atoms with Crippen LogP contribution in [-0.2, 0) is 14.3 Å². The highest BCUT2D eigenvalue weighted by Gasteiger charge is 2.38. The van der Waals surface area contributed by atoms with Crippen LogP contribution in [0.5, 0.6) is 0 Å². The van der Waals surface area contributed by atoms with E-state index in [1.165, 1.54) is 0 Å². The van der Waals surface area contributed by atoms with Gasteiger partial charge in [-0.25, -0.2) is 0 Å². The van der Waals surface area contributed by atoms with Crippen molar-refractivity contribution in [2.75, 3.05) is 19.8 Å². The molecule has 0 radical (unpaired) electrons. The first-order chi connectivity index (χ1) is 9.00. The number of nitrogens with zero attached hydrogens (tertiary/aromatic N) is 1. The Morgan fingerprint density at radius 1 is 1.21 bits per heavy atom. The van der Waals surface area contributed by atoms with Crippen LogP contribution in [-0.4, -0.2) is 48.6 Å². The predicted octanol–water partition coefficient (Wildman–Crippen LogP) is 0.784. The van der Waals surface area contributed by atoms with Crippen molar-refractivity contribution in [3.05, 3.63) is 0 Å². The van der Waals surface area contributed by atoms with Gasteiger partial charge in [0, 0.05) is 19.3 Å². The first kappa shape index (κ1) is 14.3. The van der Waals surface area contributed by atoms with Crippen LogP contribution in [0, 0.1) is 11.8 Å². The lowest BCUT2D eigenvalue weighted by atomic mass is 9.90. The minimum absolute atomic E-state index is 0.0443. The monoisotopic (exact) mass is 268 g/mol. The van der Waals surface area contributed by atoms with Gasteiger partial charge in [0.05, 0.1) is 6.54 Å². The molecule has 2 aliphatic heterocycles. The van der Waals surface area contributed by atoms with Gasteiger partial charge in [-0.1, -0.05) is 13.8 Å². The van der Waals surface area contributed by atoms with E-state index in [2.05, 4.69) is 12.2 Å². The zero-order valence-electron chi connectivity index (χ0n) is 12.0. The highest BCUT2D eigenvalue weighted by molar-refractivity contribution is 5.95. The molecule has 0 aliphatic carbocycles. The van der Waals surface area contributed by atoms with Gasteiger partial charge in [0.1, 0.15) is 6.04 Å². The topological polar surface area (TPSA) is 58.6 Å². The van der Waals surface area contributed by atoms with Gasteiger partial charge in [0.15, 0.2) is 0 Å². The van der Waals surface area contributed by atoms with E-state index in [0.29, 0.717) is 5.92 Å². The third-order valence-corrected chi connectivity index (χ3v) is 4.29. The molecule has 2 unspecified atom stereocenters. The molecule has 0 saturated carbocycles. The van der Waals surface area contributed by atoms with Gasteiger partial charge >= 0.3 is 0 Å². The maximum absolute atomic E-state index is 12.5. The molecule has 2 aliphatic rings.